The third-order valence-electron chi connectivity index (χ3n) is 4.81. The Morgan fingerprint density at radius 2 is 1.72 bits per heavy atom. The molecule has 1 unspecified atom stereocenters. The lowest BCUT2D eigenvalue weighted by atomic mass is 9.98. The van der Waals surface area contributed by atoms with Gasteiger partial charge in [-0.25, -0.2) is 9.59 Å². The van der Waals surface area contributed by atoms with Gasteiger partial charge in [0.05, 0.1) is 0 Å². The van der Waals surface area contributed by atoms with Gasteiger partial charge in [0.2, 0.25) is 0 Å². The molecule has 25 heavy (non-hydrogen) atoms. The van der Waals surface area contributed by atoms with Crippen LogP contribution in [0.2, 0.25) is 0 Å². The fraction of sp³-hybridized carbons (Fsp3) is 0.300. The van der Waals surface area contributed by atoms with Gasteiger partial charge >= 0.3 is 12.1 Å². The molecule has 0 saturated carbocycles. The quantitative estimate of drug-likeness (QED) is 0.874. The monoisotopic (exact) mass is 337 g/mol. The molecular formula is C20H19NO4. The third-order valence-corrected chi connectivity index (χ3v) is 4.81. The number of cyclic esters (lactones) is 1. The zero-order valence-electron chi connectivity index (χ0n) is 13.9. The van der Waals surface area contributed by atoms with Crippen LogP contribution in [0.25, 0.3) is 11.1 Å². The molecule has 0 spiro atoms. The Morgan fingerprint density at radius 3 is 2.28 bits per heavy atom. The van der Waals surface area contributed by atoms with Crippen LogP contribution < -0.4 is 5.32 Å². The van der Waals surface area contributed by atoms with Gasteiger partial charge in [0.1, 0.15) is 18.8 Å². The molecule has 1 heterocycles. The van der Waals surface area contributed by atoms with Crippen LogP contribution in [-0.4, -0.2) is 30.8 Å². The molecule has 2 aromatic rings. The standard InChI is InChI=1S/C20H19NO4/c1-12-10-18(19(22)25-12)21-20(23)24-11-17-15-8-4-2-6-13(15)14-7-3-5-9-16(14)17/h2-9,12,17-18H,10-11H2,1H3,(H,21,23)/t12?,18-/m0/s1. The second kappa shape index (κ2) is 6.24. The van der Waals surface area contributed by atoms with Crippen LogP contribution >= 0.6 is 0 Å². The maximum Gasteiger partial charge on any atom is 0.407 e. The minimum atomic E-state index is -0.620. The summed E-state index contributed by atoms with van der Waals surface area (Å²) in [5.74, 6) is -0.395. The van der Waals surface area contributed by atoms with Crippen molar-refractivity contribution in [3.8, 4) is 11.1 Å². The van der Waals surface area contributed by atoms with E-state index in [4.69, 9.17) is 9.47 Å². The molecule has 1 fully saturated rings. The summed E-state index contributed by atoms with van der Waals surface area (Å²) >= 11 is 0. The zero-order chi connectivity index (χ0) is 17.4. The van der Waals surface area contributed by atoms with Gasteiger partial charge in [0, 0.05) is 12.3 Å². The molecule has 1 N–H and O–H groups in total. The lowest BCUT2D eigenvalue weighted by molar-refractivity contribution is -0.142. The number of benzene rings is 2. The molecule has 0 bridgehead atoms. The normalized spacial score (nSPS) is 21.4. The highest BCUT2D eigenvalue weighted by Crippen LogP contribution is 2.44. The number of fused-ring (bicyclic) bond motifs is 3. The maximum atomic E-state index is 12.1. The molecule has 128 valence electrons. The van der Waals surface area contributed by atoms with Crippen molar-refractivity contribution in [1.82, 2.24) is 5.32 Å². The molecule has 4 rings (SSSR count). The number of amides is 1. The summed E-state index contributed by atoms with van der Waals surface area (Å²) in [6, 6.07) is 15.7. The number of esters is 1. The molecule has 2 aliphatic rings. The Bertz CT molecular complexity index is 786. The van der Waals surface area contributed by atoms with Gasteiger partial charge in [0.15, 0.2) is 0 Å². The fourth-order valence-corrected chi connectivity index (χ4v) is 3.66. The Hall–Kier alpha value is -2.82. The zero-order valence-corrected chi connectivity index (χ0v) is 13.9. The van der Waals surface area contributed by atoms with Crippen LogP contribution in [-0.2, 0) is 14.3 Å². The third kappa shape index (κ3) is 2.86. The highest BCUT2D eigenvalue weighted by atomic mass is 16.6. The first-order chi connectivity index (χ1) is 12.1. The Balaban J connectivity index is 1.46. The summed E-state index contributed by atoms with van der Waals surface area (Å²) in [6.45, 7) is 2.04. The van der Waals surface area contributed by atoms with Crippen LogP contribution in [0.1, 0.15) is 30.4 Å². The van der Waals surface area contributed by atoms with Crippen LogP contribution in [0.4, 0.5) is 4.79 Å². The van der Waals surface area contributed by atoms with Crippen LogP contribution in [0.5, 0.6) is 0 Å². The van der Waals surface area contributed by atoms with E-state index >= 15 is 0 Å². The Kier molecular flexibility index (Phi) is 3.92. The van der Waals surface area contributed by atoms with Gasteiger partial charge < -0.3 is 14.8 Å². The molecule has 1 amide bonds. The minimum absolute atomic E-state index is 0.00704. The SMILES string of the molecule is CC1C[C@H](NC(=O)OCC2c3ccccc3-c3ccccc32)C(=O)O1. The second-order valence-corrected chi connectivity index (χ2v) is 6.51. The van der Waals surface area contributed by atoms with Gasteiger partial charge in [-0.05, 0) is 29.2 Å². The van der Waals surface area contributed by atoms with Crippen molar-refractivity contribution in [3.05, 3.63) is 59.7 Å². The van der Waals surface area contributed by atoms with E-state index in [9.17, 15) is 9.59 Å². The molecule has 0 radical (unpaired) electrons. The maximum absolute atomic E-state index is 12.1. The predicted octanol–water partition coefficient (Wildman–Crippen LogP) is 3.23. The number of nitrogens with one attached hydrogen (secondary N) is 1. The van der Waals surface area contributed by atoms with E-state index in [1.54, 1.807) is 6.92 Å². The molecule has 5 nitrogen and oxygen atoms in total. The van der Waals surface area contributed by atoms with E-state index in [-0.39, 0.29) is 18.6 Å². The average Bonchev–Trinajstić information content (AvgIpc) is 3.10. The first-order valence-electron chi connectivity index (χ1n) is 8.45. The number of hydrogen-bond donors (Lipinski definition) is 1. The van der Waals surface area contributed by atoms with Crippen LogP contribution in [0.3, 0.4) is 0 Å². The van der Waals surface area contributed by atoms with Gasteiger partial charge in [-0.2, -0.15) is 0 Å². The summed E-state index contributed by atoms with van der Waals surface area (Å²) in [5.41, 5.74) is 4.68. The van der Waals surface area contributed by atoms with E-state index in [1.807, 2.05) is 24.3 Å². The highest BCUT2D eigenvalue weighted by molar-refractivity contribution is 5.83. The van der Waals surface area contributed by atoms with E-state index in [2.05, 4.69) is 29.6 Å². The van der Waals surface area contributed by atoms with Crippen molar-refractivity contribution < 1.29 is 19.1 Å². The molecule has 2 atom stereocenters. The summed E-state index contributed by atoms with van der Waals surface area (Å²) in [6.07, 6.45) is -0.285. The van der Waals surface area contributed by atoms with E-state index in [1.165, 1.54) is 11.1 Å². The number of alkyl carbamates (subject to hydrolysis) is 1. The van der Waals surface area contributed by atoms with Gasteiger partial charge in [-0.1, -0.05) is 48.5 Å². The summed E-state index contributed by atoms with van der Waals surface area (Å²) in [5, 5.41) is 2.60. The number of hydrogen-bond acceptors (Lipinski definition) is 4. The van der Waals surface area contributed by atoms with Gasteiger partial charge in [-0.3, -0.25) is 0 Å². The molecule has 0 aromatic heterocycles. The molecular weight excluding hydrogens is 318 g/mol. The molecule has 1 aliphatic heterocycles. The van der Waals surface area contributed by atoms with E-state index in [0.29, 0.717) is 6.42 Å². The molecule has 5 heteroatoms. The van der Waals surface area contributed by atoms with Crippen molar-refractivity contribution in [3.63, 3.8) is 0 Å². The first kappa shape index (κ1) is 15.7. The lowest BCUT2D eigenvalue weighted by Crippen LogP contribution is -2.38. The molecule has 2 aromatic carbocycles. The first-order valence-corrected chi connectivity index (χ1v) is 8.45. The number of carbonyl (C=O) groups excluding carboxylic acids is 2. The Labute approximate surface area is 145 Å². The van der Waals surface area contributed by atoms with Crippen molar-refractivity contribution in [2.24, 2.45) is 0 Å². The van der Waals surface area contributed by atoms with Crippen molar-refractivity contribution in [1.29, 1.82) is 0 Å². The average molecular weight is 337 g/mol. The van der Waals surface area contributed by atoms with Gasteiger partial charge in [-0.15, -0.1) is 0 Å². The highest BCUT2D eigenvalue weighted by Gasteiger charge is 2.34. The van der Waals surface area contributed by atoms with Crippen LogP contribution in [0.15, 0.2) is 48.5 Å². The molecule has 1 aliphatic carbocycles. The smallest absolute Gasteiger partial charge is 0.407 e. The predicted molar refractivity (Wildman–Crippen MR) is 92.2 cm³/mol. The number of carbonyl (C=O) groups is 2. The largest absolute Gasteiger partial charge is 0.461 e. The van der Waals surface area contributed by atoms with E-state index in [0.717, 1.165) is 11.1 Å². The van der Waals surface area contributed by atoms with E-state index < -0.39 is 18.1 Å². The Morgan fingerprint density at radius 1 is 1.12 bits per heavy atom. The van der Waals surface area contributed by atoms with Gasteiger partial charge in [0.25, 0.3) is 0 Å². The second-order valence-electron chi connectivity index (χ2n) is 6.51. The lowest BCUT2D eigenvalue weighted by Gasteiger charge is -2.15. The topological polar surface area (TPSA) is 64.6 Å². The number of ether oxygens (including phenoxy) is 2. The van der Waals surface area contributed by atoms with Crippen LogP contribution in [0, 0.1) is 0 Å². The van der Waals surface area contributed by atoms with Crippen molar-refractivity contribution >= 4 is 12.1 Å². The van der Waals surface area contributed by atoms with Crippen molar-refractivity contribution in [2.45, 2.75) is 31.4 Å². The summed E-state index contributed by atoms with van der Waals surface area (Å²) < 4.78 is 10.5. The summed E-state index contributed by atoms with van der Waals surface area (Å²) in [4.78, 5) is 23.7. The van der Waals surface area contributed by atoms with Crippen molar-refractivity contribution in [2.75, 3.05) is 6.61 Å². The molecule has 1 saturated heterocycles. The fourth-order valence-electron chi connectivity index (χ4n) is 3.66. The minimum Gasteiger partial charge on any atom is -0.461 e. The summed E-state index contributed by atoms with van der Waals surface area (Å²) in [7, 11) is 0. The number of rotatable bonds is 3.